The molecular formula is C21H31NO3. The molecule has 2 aliphatic rings. The summed E-state index contributed by atoms with van der Waals surface area (Å²) in [4.78, 5) is 15.1. The average molecular weight is 345 g/mol. The van der Waals surface area contributed by atoms with Gasteiger partial charge < -0.3 is 14.4 Å². The Hall–Kier alpha value is -1.71. The van der Waals surface area contributed by atoms with Crippen LogP contribution in [0.15, 0.2) is 18.2 Å². The SMILES string of the molecule is COc1ccc(CN(C(=O)C2CCC2)C2CCCC2)cc1OC(C)C. The van der Waals surface area contributed by atoms with Gasteiger partial charge in [0.1, 0.15) is 0 Å². The molecule has 0 radical (unpaired) electrons. The van der Waals surface area contributed by atoms with Crippen LogP contribution >= 0.6 is 0 Å². The fourth-order valence-electron chi connectivity index (χ4n) is 3.85. The number of ether oxygens (including phenoxy) is 2. The predicted octanol–water partition coefficient (Wildman–Crippen LogP) is 4.55. The fourth-order valence-corrected chi connectivity index (χ4v) is 3.85. The van der Waals surface area contributed by atoms with Crippen LogP contribution in [-0.4, -0.2) is 30.1 Å². The number of carbonyl (C=O) groups excluding carboxylic acids is 1. The van der Waals surface area contributed by atoms with E-state index in [9.17, 15) is 4.79 Å². The molecule has 138 valence electrons. The molecule has 0 bridgehead atoms. The van der Waals surface area contributed by atoms with E-state index in [1.807, 2.05) is 26.0 Å². The lowest BCUT2D eigenvalue weighted by molar-refractivity contribution is -0.141. The maximum absolute atomic E-state index is 13.0. The molecule has 0 N–H and O–H groups in total. The summed E-state index contributed by atoms with van der Waals surface area (Å²) in [6.07, 6.45) is 8.18. The monoisotopic (exact) mass is 345 g/mol. The third kappa shape index (κ3) is 4.28. The molecule has 0 saturated heterocycles. The normalized spacial score (nSPS) is 18.2. The van der Waals surface area contributed by atoms with Gasteiger partial charge in [-0.2, -0.15) is 0 Å². The van der Waals surface area contributed by atoms with Crippen molar-refractivity contribution in [1.82, 2.24) is 4.90 Å². The molecule has 0 atom stereocenters. The van der Waals surface area contributed by atoms with Gasteiger partial charge in [0.15, 0.2) is 11.5 Å². The van der Waals surface area contributed by atoms with Gasteiger partial charge >= 0.3 is 0 Å². The summed E-state index contributed by atoms with van der Waals surface area (Å²) < 4.78 is 11.3. The van der Waals surface area contributed by atoms with Crippen LogP contribution < -0.4 is 9.47 Å². The number of hydrogen-bond donors (Lipinski definition) is 0. The van der Waals surface area contributed by atoms with E-state index >= 15 is 0 Å². The molecule has 0 heterocycles. The Kier molecular flexibility index (Phi) is 5.87. The summed E-state index contributed by atoms with van der Waals surface area (Å²) in [5, 5.41) is 0. The van der Waals surface area contributed by atoms with E-state index in [0.717, 1.165) is 42.7 Å². The Morgan fingerprint density at radius 1 is 1.12 bits per heavy atom. The number of amides is 1. The van der Waals surface area contributed by atoms with E-state index in [2.05, 4.69) is 11.0 Å². The second kappa shape index (κ2) is 8.11. The first-order valence-corrected chi connectivity index (χ1v) is 9.72. The van der Waals surface area contributed by atoms with Gasteiger partial charge in [-0.3, -0.25) is 4.79 Å². The Morgan fingerprint density at radius 3 is 2.40 bits per heavy atom. The molecule has 2 aliphatic carbocycles. The number of nitrogens with zero attached hydrogens (tertiary/aromatic N) is 1. The van der Waals surface area contributed by atoms with Crippen molar-refractivity contribution in [2.75, 3.05) is 7.11 Å². The largest absolute Gasteiger partial charge is 0.493 e. The van der Waals surface area contributed by atoms with Crippen molar-refractivity contribution in [2.45, 2.75) is 77.5 Å². The summed E-state index contributed by atoms with van der Waals surface area (Å²) >= 11 is 0. The number of methoxy groups -OCH3 is 1. The summed E-state index contributed by atoms with van der Waals surface area (Å²) in [5.41, 5.74) is 1.12. The zero-order valence-electron chi connectivity index (χ0n) is 15.8. The fraction of sp³-hybridized carbons (Fsp3) is 0.667. The standard InChI is InChI=1S/C21H31NO3/c1-15(2)25-20-13-16(11-12-19(20)24-3)14-22(18-9-4-5-10-18)21(23)17-7-6-8-17/h11-13,15,17-18H,4-10,14H2,1-3H3. The van der Waals surface area contributed by atoms with Crippen LogP contribution in [0, 0.1) is 5.92 Å². The second-order valence-corrected chi connectivity index (χ2v) is 7.68. The lowest BCUT2D eigenvalue weighted by Gasteiger charge is -2.35. The van der Waals surface area contributed by atoms with Crippen LogP contribution in [0.4, 0.5) is 0 Å². The van der Waals surface area contributed by atoms with Crippen LogP contribution in [0.1, 0.15) is 64.4 Å². The van der Waals surface area contributed by atoms with Crippen molar-refractivity contribution in [3.05, 3.63) is 23.8 Å². The quantitative estimate of drug-likeness (QED) is 0.727. The minimum atomic E-state index is 0.0895. The van der Waals surface area contributed by atoms with Crippen LogP contribution in [0.2, 0.25) is 0 Å². The number of benzene rings is 1. The highest BCUT2D eigenvalue weighted by atomic mass is 16.5. The number of carbonyl (C=O) groups is 1. The van der Waals surface area contributed by atoms with Gasteiger partial charge in [0.2, 0.25) is 5.91 Å². The van der Waals surface area contributed by atoms with Crippen LogP contribution in [0.3, 0.4) is 0 Å². The lowest BCUT2D eigenvalue weighted by Crippen LogP contribution is -2.43. The molecule has 4 nitrogen and oxygen atoms in total. The highest BCUT2D eigenvalue weighted by molar-refractivity contribution is 5.80. The molecule has 0 aromatic heterocycles. The van der Waals surface area contributed by atoms with E-state index in [4.69, 9.17) is 9.47 Å². The smallest absolute Gasteiger partial charge is 0.226 e. The summed E-state index contributed by atoms with van der Waals surface area (Å²) in [6, 6.07) is 6.45. The first-order valence-electron chi connectivity index (χ1n) is 9.72. The van der Waals surface area contributed by atoms with Crippen LogP contribution in [-0.2, 0) is 11.3 Å². The van der Waals surface area contributed by atoms with E-state index < -0.39 is 0 Å². The highest BCUT2D eigenvalue weighted by Gasteiger charge is 2.34. The van der Waals surface area contributed by atoms with Gasteiger partial charge in [-0.25, -0.2) is 0 Å². The molecule has 4 heteroatoms. The van der Waals surface area contributed by atoms with Gasteiger partial charge in [-0.1, -0.05) is 25.3 Å². The molecular weight excluding hydrogens is 314 g/mol. The second-order valence-electron chi connectivity index (χ2n) is 7.68. The molecule has 25 heavy (non-hydrogen) atoms. The van der Waals surface area contributed by atoms with Crippen molar-refractivity contribution >= 4 is 5.91 Å². The van der Waals surface area contributed by atoms with E-state index in [1.165, 1.54) is 19.3 Å². The summed E-state index contributed by atoms with van der Waals surface area (Å²) in [6.45, 7) is 4.70. The lowest BCUT2D eigenvalue weighted by atomic mass is 9.84. The Morgan fingerprint density at radius 2 is 1.84 bits per heavy atom. The number of hydrogen-bond acceptors (Lipinski definition) is 3. The van der Waals surface area contributed by atoms with Gasteiger partial charge in [0.25, 0.3) is 0 Å². The first kappa shape index (κ1) is 18.1. The molecule has 0 aliphatic heterocycles. The maximum atomic E-state index is 13.0. The van der Waals surface area contributed by atoms with E-state index in [1.54, 1.807) is 7.11 Å². The van der Waals surface area contributed by atoms with Crippen molar-refractivity contribution in [3.8, 4) is 11.5 Å². The molecule has 2 fully saturated rings. The van der Waals surface area contributed by atoms with Crippen LogP contribution in [0.5, 0.6) is 11.5 Å². The zero-order valence-corrected chi connectivity index (χ0v) is 15.8. The molecule has 2 saturated carbocycles. The van der Waals surface area contributed by atoms with Gasteiger partial charge in [-0.05, 0) is 57.2 Å². The van der Waals surface area contributed by atoms with Crippen molar-refractivity contribution < 1.29 is 14.3 Å². The molecule has 0 spiro atoms. The molecule has 1 aromatic carbocycles. The summed E-state index contributed by atoms with van der Waals surface area (Å²) in [5.74, 6) is 2.12. The minimum Gasteiger partial charge on any atom is -0.493 e. The third-order valence-electron chi connectivity index (χ3n) is 5.45. The first-order chi connectivity index (χ1) is 12.1. The van der Waals surface area contributed by atoms with Crippen molar-refractivity contribution in [2.24, 2.45) is 5.92 Å². The Labute approximate surface area is 151 Å². The minimum absolute atomic E-state index is 0.0895. The highest BCUT2D eigenvalue weighted by Crippen LogP contribution is 2.34. The molecule has 0 unspecified atom stereocenters. The number of rotatable bonds is 7. The van der Waals surface area contributed by atoms with Gasteiger partial charge in [0.05, 0.1) is 13.2 Å². The third-order valence-corrected chi connectivity index (χ3v) is 5.45. The Bertz CT molecular complexity index is 589. The zero-order chi connectivity index (χ0) is 17.8. The van der Waals surface area contributed by atoms with Crippen LogP contribution in [0.25, 0.3) is 0 Å². The van der Waals surface area contributed by atoms with E-state index in [0.29, 0.717) is 18.5 Å². The van der Waals surface area contributed by atoms with Crippen molar-refractivity contribution in [1.29, 1.82) is 0 Å². The van der Waals surface area contributed by atoms with Gasteiger partial charge in [-0.15, -0.1) is 0 Å². The Balaban J connectivity index is 1.79. The molecule has 1 amide bonds. The average Bonchev–Trinajstić information content (AvgIpc) is 3.04. The summed E-state index contributed by atoms with van der Waals surface area (Å²) in [7, 11) is 1.66. The van der Waals surface area contributed by atoms with Crippen molar-refractivity contribution in [3.63, 3.8) is 0 Å². The van der Waals surface area contributed by atoms with E-state index in [-0.39, 0.29) is 12.0 Å². The topological polar surface area (TPSA) is 38.8 Å². The molecule has 1 aromatic rings. The molecule has 3 rings (SSSR count). The maximum Gasteiger partial charge on any atom is 0.226 e. The van der Waals surface area contributed by atoms with Gasteiger partial charge in [0, 0.05) is 18.5 Å². The predicted molar refractivity (Wildman–Crippen MR) is 98.9 cm³/mol.